The van der Waals surface area contributed by atoms with Crippen molar-refractivity contribution in [2.24, 2.45) is 12.0 Å². The van der Waals surface area contributed by atoms with E-state index in [2.05, 4.69) is 15.6 Å². The highest BCUT2D eigenvalue weighted by molar-refractivity contribution is 7.80. The van der Waals surface area contributed by atoms with E-state index in [4.69, 9.17) is 21.5 Å². The van der Waals surface area contributed by atoms with Crippen LogP contribution >= 0.6 is 12.2 Å². The Hall–Kier alpha value is -5.10. The van der Waals surface area contributed by atoms with Crippen molar-refractivity contribution in [3.05, 3.63) is 95.7 Å². The molecule has 11 nitrogen and oxygen atoms in total. The van der Waals surface area contributed by atoms with E-state index in [0.29, 0.717) is 35.0 Å². The first-order valence-electron chi connectivity index (χ1n) is 13.6. The third-order valence-corrected chi connectivity index (χ3v) is 7.29. The average molecular weight is 599 g/mol. The van der Waals surface area contributed by atoms with Crippen LogP contribution < -0.4 is 24.7 Å². The fraction of sp³-hybridized carbons (Fsp3) is 0.226. The summed E-state index contributed by atoms with van der Waals surface area (Å²) < 4.78 is 12.3. The van der Waals surface area contributed by atoms with Crippen molar-refractivity contribution in [3.8, 4) is 5.75 Å². The lowest BCUT2D eigenvalue weighted by atomic mass is 10.1. The quantitative estimate of drug-likeness (QED) is 0.128. The normalized spacial score (nSPS) is 15.2. The van der Waals surface area contributed by atoms with Crippen LogP contribution in [0, 0.1) is 6.92 Å². The summed E-state index contributed by atoms with van der Waals surface area (Å²) in [6.07, 6.45) is -0.182. The van der Waals surface area contributed by atoms with Gasteiger partial charge in [-0.3, -0.25) is 19.0 Å². The van der Waals surface area contributed by atoms with E-state index in [1.54, 1.807) is 78.7 Å². The molecule has 0 spiro atoms. The number of amides is 2. The minimum atomic E-state index is -0.941. The Morgan fingerprint density at radius 2 is 1.81 bits per heavy atom. The zero-order valence-corrected chi connectivity index (χ0v) is 24.7. The van der Waals surface area contributed by atoms with Crippen LogP contribution in [0.2, 0.25) is 0 Å². The first-order chi connectivity index (χ1) is 20.7. The molecule has 0 saturated carbocycles. The molecule has 12 heteroatoms. The fourth-order valence-corrected chi connectivity index (χ4v) is 5.02. The molecule has 5 rings (SSSR count). The van der Waals surface area contributed by atoms with Gasteiger partial charge in [-0.15, -0.1) is 0 Å². The lowest BCUT2D eigenvalue weighted by molar-refractivity contribution is -0.746. The molecule has 1 N–H and O–H groups in total. The zero-order valence-electron chi connectivity index (χ0n) is 23.9. The third-order valence-electron chi connectivity index (χ3n) is 6.87. The second-order valence-electron chi connectivity index (χ2n) is 9.88. The van der Waals surface area contributed by atoms with Crippen molar-refractivity contribution in [2.75, 3.05) is 16.8 Å². The molecule has 1 aliphatic rings. The molecule has 3 aromatic carbocycles. The number of carbonyl (C=O) groups is 2. The highest BCUT2D eigenvalue weighted by Crippen LogP contribution is 2.30. The number of nitrogens with zero attached hydrogens (tertiary/aromatic N) is 5. The smallest absolute Gasteiger partial charge is 0.325 e. The summed E-state index contributed by atoms with van der Waals surface area (Å²) in [5, 5.41) is 19.8. The molecule has 1 aromatic heterocycles. The van der Waals surface area contributed by atoms with Gasteiger partial charge in [0.1, 0.15) is 18.3 Å². The van der Waals surface area contributed by atoms with Gasteiger partial charge in [0.25, 0.3) is 11.6 Å². The van der Waals surface area contributed by atoms with E-state index in [-0.39, 0.29) is 35.8 Å². The van der Waals surface area contributed by atoms with Gasteiger partial charge in [-0.05, 0) is 78.6 Å². The van der Waals surface area contributed by atoms with Gasteiger partial charge in [0.05, 0.1) is 18.7 Å². The van der Waals surface area contributed by atoms with Gasteiger partial charge in [0.2, 0.25) is 11.2 Å². The number of aliphatic imine (C=N–C) groups is 1. The lowest BCUT2D eigenvalue weighted by Crippen LogP contribution is -2.42. The molecule has 4 aromatic rings. The molecule has 43 heavy (non-hydrogen) atoms. The van der Waals surface area contributed by atoms with Gasteiger partial charge >= 0.3 is 5.88 Å². The summed E-state index contributed by atoms with van der Waals surface area (Å²) in [6, 6.07) is 22.0. The van der Waals surface area contributed by atoms with Gasteiger partial charge in [-0.1, -0.05) is 48.0 Å². The standard InChI is InChI=1S/C31H30N6O5S/c1-4-41-24-16-12-22(13-17-24)32-27(38)18-25-30(40)37(23-14-10-20(2)11-15-23)31(43)36(25)19-26-29(42-34-35(26)3)33-28(39)21-8-6-5-7-9-21/h5-17,25H,4,18-19H2,1-3H3,(H-,32,33,34,38,39). The SMILES string of the molecule is CCOc1ccc(NC(=O)CC2C(=O)N(c3ccc(C)cc3)C(=S)N2Cc2c(/N=C(\[O-])c3ccccc3)on[n+]2C)cc1. The predicted molar refractivity (Wildman–Crippen MR) is 162 cm³/mol. The Balaban J connectivity index is 1.43. The molecule has 0 radical (unpaired) electrons. The maximum absolute atomic E-state index is 13.9. The highest BCUT2D eigenvalue weighted by Gasteiger charge is 2.46. The number of benzene rings is 3. The van der Waals surface area contributed by atoms with E-state index in [0.717, 1.165) is 5.56 Å². The second kappa shape index (κ2) is 12.8. The molecule has 2 amide bonds. The van der Waals surface area contributed by atoms with Crippen LogP contribution in [-0.2, 0) is 23.2 Å². The van der Waals surface area contributed by atoms with E-state index in [1.807, 2.05) is 26.0 Å². The zero-order chi connectivity index (χ0) is 30.5. The Morgan fingerprint density at radius 1 is 1.12 bits per heavy atom. The summed E-state index contributed by atoms with van der Waals surface area (Å²) in [5.41, 5.74) is 2.96. The van der Waals surface area contributed by atoms with Crippen LogP contribution in [0.15, 0.2) is 88.4 Å². The monoisotopic (exact) mass is 598 g/mol. The van der Waals surface area contributed by atoms with Crippen LogP contribution in [0.5, 0.6) is 5.75 Å². The number of ether oxygens (including phenoxy) is 1. The second-order valence-corrected chi connectivity index (χ2v) is 10.2. The van der Waals surface area contributed by atoms with Crippen LogP contribution in [0.4, 0.5) is 17.3 Å². The Morgan fingerprint density at radius 3 is 2.49 bits per heavy atom. The molecule has 1 atom stereocenters. The largest absolute Gasteiger partial charge is 0.858 e. The van der Waals surface area contributed by atoms with Gasteiger partial charge in [-0.2, -0.15) is 0 Å². The average Bonchev–Trinajstić information content (AvgIpc) is 3.46. The molecule has 1 fully saturated rings. The van der Waals surface area contributed by atoms with Crippen molar-refractivity contribution >= 4 is 52.3 Å². The maximum atomic E-state index is 13.9. The number of hydrogen-bond acceptors (Lipinski definition) is 8. The van der Waals surface area contributed by atoms with Gasteiger partial charge in [0, 0.05) is 5.69 Å². The number of rotatable bonds is 10. The number of thiocarbonyl (C=S) groups is 1. The molecule has 0 aliphatic carbocycles. The maximum Gasteiger partial charge on any atom is 0.325 e. The Labute approximate surface area is 254 Å². The number of aromatic nitrogens is 2. The van der Waals surface area contributed by atoms with Crippen LogP contribution in [0.1, 0.15) is 30.2 Å². The Bertz CT molecular complexity index is 1650. The van der Waals surface area contributed by atoms with Gasteiger partial charge < -0.3 is 20.1 Å². The van der Waals surface area contributed by atoms with Crippen molar-refractivity contribution < 1.29 is 28.6 Å². The molecule has 1 aliphatic heterocycles. The first-order valence-corrected chi connectivity index (χ1v) is 14.1. The third kappa shape index (κ3) is 6.54. The molecule has 1 saturated heterocycles. The molecule has 220 valence electrons. The van der Waals surface area contributed by atoms with Crippen LogP contribution in [0.3, 0.4) is 0 Å². The summed E-state index contributed by atoms with van der Waals surface area (Å²) in [5.74, 6) is -0.567. The molecule has 2 heterocycles. The number of carbonyl (C=O) groups excluding carboxylic acids is 2. The Kier molecular flexibility index (Phi) is 8.77. The first kappa shape index (κ1) is 29.4. The van der Waals surface area contributed by atoms with Crippen molar-refractivity contribution in [3.63, 3.8) is 0 Å². The lowest BCUT2D eigenvalue weighted by Gasteiger charge is -2.22. The molecular formula is C31H30N6O5S. The summed E-state index contributed by atoms with van der Waals surface area (Å²) >= 11 is 5.80. The van der Waals surface area contributed by atoms with E-state index >= 15 is 0 Å². The number of nitrogens with one attached hydrogen (secondary N) is 1. The van der Waals surface area contributed by atoms with E-state index in [9.17, 15) is 14.7 Å². The van der Waals surface area contributed by atoms with E-state index < -0.39 is 11.9 Å². The van der Waals surface area contributed by atoms with Crippen LogP contribution in [0.25, 0.3) is 0 Å². The van der Waals surface area contributed by atoms with Gasteiger partial charge in [0.15, 0.2) is 12.2 Å². The minimum Gasteiger partial charge on any atom is -0.858 e. The topological polar surface area (TPSA) is 127 Å². The summed E-state index contributed by atoms with van der Waals surface area (Å²) in [6.45, 7) is 4.38. The molecular weight excluding hydrogens is 568 g/mol. The van der Waals surface area contributed by atoms with Crippen molar-refractivity contribution in [1.29, 1.82) is 0 Å². The number of hydrogen-bond donors (Lipinski definition) is 1. The fourth-order valence-electron chi connectivity index (χ4n) is 4.63. The number of anilines is 2. The van der Waals surface area contributed by atoms with Crippen molar-refractivity contribution in [2.45, 2.75) is 32.9 Å². The van der Waals surface area contributed by atoms with Gasteiger partial charge in [-0.25, -0.2) is 4.99 Å². The highest BCUT2D eigenvalue weighted by atomic mass is 32.1. The predicted octanol–water partition coefficient (Wildman–Crippen LogP) is 3.18. The minimum absolute atomic E-state index is 0.00877. The van der Waals surface area contributed by atoms with Crippen molar-refractivity contribution in [1.82, 2.24) is 10.2 Å². The molecule has 1 unspecified atom stereocenters. The van der Waals surface area contributed by atoms with E-state index in [1.165, 1.54) is 9.58 Å². The molecule has 0 bridgehead atoms. The summed E-state index contributed by atoms with van der Waals surface area (Å²) in [4.78, 5) is 34.3. The number of aryl methyl sites for hydroxylation is 2. The summed E-state index contributed by atoms with van der Waals surface area (Å²) in [7, 11) is 1.64. The van der Waals surface area contributed by atoms with Crippen LogP contribution in [-0.4, -0.2) is 45.6 Å².